The Bertz CT molecular complexity index is 1250. The molecule has 2 aromatic rings. The van der Waals surface area contributed by atoms with E-state index in [1.807, 2.05) is 0 Å². The van der Waals surface area contributed by atoms with Crippen molar-refractivity contribution in [1.29, 1.82) is 0 Å². The van der Waals surface area contributed by atoms with Gasteiger partial charge in [-0.05, 0) is 99.6 Å². The fourth-order valence-electron chi connectivity index (χ4n) is 7.68. The predicted octanol–water partition coefficient (Wildman–Crippen LogP) is 11.6. The summed E-state index contributed by atoms with van der Waals surface area (Å²) < 4.78 is 0. The van der Waals surface area contributed by atoms with Crippen LogP contribution in [0.15, 0.2) is 83.0 Å². The lowest BCUT2D eigenvalue weighted by atomic mass is 9.93. The summed E-state index contributed by atoms with van der Waals surface area (Å²) in [5.74, 6) is 1.14. The van der Waals surface area contributed by atoms with Crippen LogP contribution < -0.4 is 10.6 Å². The molecule has 2 fully saturated rings. The summed E-state index contributed by atoms with van der Waals surface area (Å²) in [5, 5.41) is 7.64. The molecule has 6 rings (SSSR count). The molecule has 0 aliphatic heterocycles. The van der Waals surface area contributed by atoms with Crippen molar-refractivity contribution in [3.05, 3.63) is 94.1 Å². The van der Waals surface area contributed by atoms with Crippen molar-refractivity contribution in [2.75, 3.05) is 10.6 Å². The molecule has 0 radical (unpaired) electrons. The van der Waals surface area contributed by atoms with Crippen molar-refractivity contribution in [2.24, 2.45) is 11.8 Å². The van der Waals surface area contributed by atoms with E-state index in [0.29, 0.717) is 23.9 Å². The number of hydrogen-bond acceptors (Lipinski definition) is 2. The van der Waals surface area contributed by atoms with Gasteiger partial charge in [0.25, 0.3) is 0 Å². The summed E-state index contributed by atoms with van der Waals surface area (Å²) in [6, 6.07) is 19.0. The molecule has 2 N–H and O–H groups in total. The maximum Gasteiger partial charge on any atom is 0.0422 e. The van der Waals surface area contributed by atoms with Crippen LogP contribution in [0.2, 0.25) is 0 Å². The van der Waals surface area contributed by atoms with Crippen LogP contribution in [0.4, 0.5) is 11.4 Å². The molecule has 2 heteroatoms. The van der Waals surface area contributed by atoms with E-state index in [0.717, 1.165) is 0 Å². The standard InChI is InChI=1S/2C20H27N/c2*1-14-13-15(2)20(16(14)3)18-11-7-8-12-19(18)21-17-9-5-4-6-10-17/h2*7-8,11-14,17,21H,4-6,9-10H2,1-3H3. The van der Waals surface area contributed by atoms with Gasteiger partial charge in [0.05, 0.1) is 0 Å². The zero-order valence-electron chi connectivity index (χ0n) is 27.2. The van der Waals surface area contributed by atoms with Crippen molar-refractivity contribution < 1.29 is 0 Å². The van der Waals surface area contributed by atoms with Gasteiger partial charge in [-0.25, -0.2) is 0 Å². The maximum atomic E-state index is 3.82. The number of allylic oxidation sites excluding steroid dienone is 8. The highest BCUT2D eigenvalue weighted by atomic mass is 14.9. The van der Waals surface area contributed by atoms with Crippen molar-refractivity contribution in [2.45, 2.75) is 118 Å². The number of rotatable bonds is 6. The first-order valence-corrected chi connectivity index (χ1v) is 16.8. The molecule has 224 valence electrons. The van der Waals surface area contributed by atoms with E-state index in [2.05, 4.69) is 113 Å². The Morgan fingerprint density at radius 2 is 0.857 bits per heavy atom. The van der Waals surface area contributed by atoms with E-state index in [4.69, 9.17) is 0 Å². The largest absolute Gasteiger partial charge is 0.382 e. The third kappa shape index (κ3) is 6.96. The van der Waals surface area contributed by atoms with Gasteiger partial charge in [0, 0.05) is 34.6 Å². The van der Waals surface area contributed by atoms with Crippen LogP contribution in [0.25, 0.3) is 11.1 Å². The highest BCUT2D eigenvalue weighted by Gasteiger charge is 2.23. The first-order valence-electron chi connectivity index (χ1n) is 16.8. The molecule has 0 heterocycles. The van der Waals surface area contributed by atoms with E-state index in [-0.39, 0.29) is 0 Å². The highest BCUT2D eigenvalue weighted by Crippen LogP contribution is 2.42. The summed E-state index contributed by atoms with van der Waals surface area (Å²) in [4.78, 5) is 0. The Labute approximate surface area is 256 Å². The normalized spacial score (nSPS) is 23.4. The zero-order chi connectivity index (χ0) is 29.6. The average molecular weight is 563 g/mol. The van der Waals surface area contributed by atoms with Crippen molar-refractivity contribution >= 4 is 22.5 Å². The van der Waals surface area contributed by atoms with Crippen molar-refractivity contribution in [3.63, 3.8) is 0 Å². The molecule has 2 unspecified atom stereocenters. The van der Waals surface area contributed by atoms with Crippen LogP contribution in [0.1, 0.15) is 117 Å². The molecule has 0 aromatic heterocycles. The van der Waals surface area contributed by atoms with Crippen LogP contribution in [0.3, 0.4) is 0 Å². The van der Waals surface area contributed by atoms with Gasteiger partial charge in [-0.1, -0.05) is 112 Å². The third-order valence-corrected chi connectivity index (χ3v) is 10.3. The van der Waals surface area contributed by atoms with Gasteiger partial charge in [0.1, 0.15) is 0 Å². The SMILES string of the molecule is CC1=CC(C)C(C)=C1c1ccccc1NC1CCCCC1.CC1=CC(C)C(C)=C1c1ccccc1NC1CCCCC1. The minimum Gasteiger partial charge on any atom is -0.382 e. The van der Waals surface area contributed by atoms with Gasteiger partial charge in [-0.15, -0.1) is 0 Å². The maximum absolute atomic E-state index is 3.82. The molecular weight excluding hydrogens is 508 g/mol. The lowest BCUT2D eigenvalue weighted by Gasteiger charge is -2.26. The van der Waals surface area contributed by atoms with Gasteiger partial charge in [0.15, 0.2) is 0 Å². The summed E-state index contributed by atoms with van der Waals surface area (Å²) >= 11 is 0. The quantitative estimate of drug-likeness (QED) is 0.366. The minimum absolute atomic E-state index is 0.572. The van der Waals surface area contributed by atoms with Crippen LogP contribution in [0.5, 0.6) is 0 Å². The van der Waals surface area contributed by atoms with Crippen LogP contribution in [-0.4, -0.2) is 12.1 Å². The number of anilines is 2. The van der Waals surface area contributed by atoms with Crippen LogP contribution in [-0.2, 0) is 0 Å². The number of benzene rings is 2. The third-order valence-electron chi connectivity index (χ3n) is 10.3. The second-order valence-corrected chi connectivity index (χ2v) is 13.4. The molecular formula is C40H54N2. The fraction of sp³-hybridized carbons (Fsp3) is 0.500. The van der Waals surface area contributed by atoms with Gasteiger partial charge in [0.2, 0.25) is 0 Å². The summed E-state index contributed by atoms with van der Waals surface area (Å²) in [7, 11) is 0. The van der Waals surface area contributed by atoms with Crippen molar-refractivity contribution in [3.8, 4) is 0 Å². The molecule has 0 spiro atoms. The monoisotopic (exact) mass is 562 g/mol. The van der Waals surface area contributed by atoms with Gasteiger partial charge in [-0.3, -0.25) is 0 Å². The summed E-state index contributed by atoms with van der Waals surface area (Å²) in [6.45, 7) is 13.7. The molecule has 2 aromatic carbocycles. The Morgan fingerprint density at radius 1 is 0.500 bits per heavy atom. The fourth-order valence-corrected chi connectivity index (χ4v) is 7.68. The molecule has 0 amide bonds. The molecule has 42 heavy (non-hydrogen) atoms. The van der Waals surface area contributed by atoms with Crippen molar-refractivity contribution in [1.82, 2.24) is 0 Å². The predicted molar refractivity (Wildman–Crippen MR) is 185 cm³/mol. The number of nitrogens with one attached hydrogen (secondary N) is 2. The molecule has 4 aliphatic rings. The summed E-state index contributed by atoms with van der Waals surface area (Å²) in [6.07, 6.45) is 18.4. The highest BCUT2D eigenvalue weighted by molar-refractivity contribution is 5.90. The Morgan fingerprint density at radius 3 is 1.19 bits per heavy atom. The Kier molecular flexibility index (Phi) is 10.1. The first kappa shape index (κ1) is 30.5. The molecule has 0 saturated heterocycles. The lowest BCUT2D eigenvalue weighted by molar-refractivity contribution is 0.462. The Hall–Kier alpha value is -3.00. The second-order valence-electron chi connectivity index (χ2n) is 13.4. The second kappa shape index (κ2) is 14.0. The molecule has 2 atom stereocenters. The van der Waals surface area contributed by atoms with Crippen LogP contribution in [0, 0.1) is 11.8 Å². The minimum atomic E-state index is 0.572. The topological polar surface area (TPSA) is 24.1 Å². The lowest BCUT2D eigenvalue weighted by Crippen LogP contribution is -2.22. The molecule has 2 nitrogen and oxygen atoms in total. The van der Waals surface area contributed by atoms with E-state index in [1.54, 1.807) is 0 Å². The van der Waals surface area contributed by atoms with Crippen LogP contribution >= 0.6 is 0 Å². The van der Waals surface area contributed by atoms with Gasteiger partial charge >= 0.3 is 0 Å². The van der Waals surface area contributed by atoms with E-state index >= 15 is 0 Å². The number of hydrogen-bond donors (Lipinski definition) is 2. The Balaban J connectivity index is 0.000000168. The van der Waals surface area contributed by atoms with Gasteiger partial charge in [-0.2, -0.15) is 0 Å². The van der Waals surface area contributed by atoms with Gasteiger partial charge < -0.3 is 10.6 Å². The molecule has 2 saturated carbocycles. The average Bonchev–Trinajstić information content (AvgIpc) is 3.41. The molecule has 4 aliphatic carbocycles. The van der Waals surface area contributed by atoms with E-state index in [1.165, 1.54) is 120 Å². The molecule has 0 bridgehead atoms. The summed E-state index contributed by atoms with van der Waals surface area (Å²) in [5.41, 5.74) is 14.2. The van der Waals surface area contributed by atoms with E-state index in [9.17, 15) is 0 Å². The smallest absolute Gasteiger partial charge is 0.0422 e. The number of para-hydroxylation sites is 2. The first-order chi connectivity index (χ1) is 20.3. The van der Waals surface area contributed by atoms with E-state index < -0.39 is 0 Å². The zero-order valence-corrected chi connectivity index (χ0v) is 27.2.